The van der Waals surface area contributed by atoms with Gasteiger partial charge in [0.25, 0.3) is 0 Å². The molecule has 100 valence electrons. The molecule has 1 heterocycles. The SMILES string of the molecule is CN(C)C(C)(C)COc1nccnc1C(N)=NO. The van der Waals surface area contributed by atoms with E-state index in [9.17, 15) is 0 Å². The maximum absolute atomic E-state index is 8.66. The third-order valence-electron chi connectivity index (χ3n) is 2.79. The lowest BCUT2D eigenvalue weighted by Gasteiger charge is -2.32. The van der Waals surface area contributed by atoms with Gasteiger partial charge in [0.15, 0.2) is 11.5 Å². The summed E-state index contributed by atoms with van der Waals surface area (Å²) < 4.78 is 5.60. The highest BCUT2D eigenvalue weighted by Crippen LogP contribution is 2.16. The van der Waals surface area contributed by atoms with Crippen LogP contribution in [0.15, 0.2) is 17.5 Å². The van der Waals surface area contributed by atoms with E-state index in [1.165, 1.54) is 12.4 Å². The van der Waals surface area contributed by atoms with Crippen molar-refractivity contribution in [2.24, 2.45) is 10.9 Å². The van der Waals surface area contributed by atoms with Crippen LogP contribution in [-0.2, 0) is 0 Å². The van der Waals surface area contributed by atoms with Gasteiger partial charge in [0.1, 0.15) is 6.61 Å². The molecule has 0 fully saturated rings. The van der Waals surface area contributed by atoms with Crippen molar-refractivity contribution in [1.29, 1.82) is 0 Å². The number of nitrogens with two attached hydrogens (primary N) is 1. The Labute approximate surface area is 106 Å². The highest BCUT2D eigenvalue weighted by Gasteiger charge is 2.23. The van der Waals surface area contributed by atoms with Gasteiger partial charge in [-0.05, 0) is 27.9 Å². The number of ether oxygens (including phenoxy) is 1. The number of aromatic nitrogens is 2. The van der Waals surface area contributed by atoms with Gasteiger partial charge in [0, 0.05) is 17.9 Å². The largest absolute Gasteiger partial charge is 0.474 e. The summed E-state index contributed by atoms with van der Waals surface area (Å²) in [5.41, 5.74) is 5.57. The van der Waals surface area contributed by atoms with Gasteiger partial charge in [0.2, 0.25) is 5.88 Å². The molecule has 1 aromatic heterocycles. The van der Waals surface area contributed by atoms with Crippen LogP contribution >= 0.6 is 0 Å². The van der Waals surface area contributed by atoms with Crippen molar-refractivity contribution >= 4 is 5.84 Å². The first kappa shape index (κ1) is 14.2. The lowest BCUT2D eigenvalue weighted by Crippen LogP contribution is -2.43. The van der Waals surface area contributed by atoms with Crippen LogP contribution in [0, 0.1) is 0 Å². The molecule has 7 heteroatoms. The van der Waals surface area contributed by atoms with Crippen LogP contribution in [0.3, 0.4) is 0 Å². The maximum atomic E-state index is 8.66. The molecule has 7 nitrogen and oxygen atoms in total. The van der Waals surface area contributed by atoms with Crippen LogP contribution in [0.25, 0.3) is 0 Å². The Hall–Kier alpha value is -1.89. The number of hydrogen-bond acceptors (Lipinski definition) is 6. The van der Waals surface area contributed by atoms with Crippen LogP contribution in [0.2, 0.25) is 0 Å². The number of oxime groups is 1. The minimum absolute atomic E-state index is 0.124. The number of hydrogen-bond donors (Lipinski definition) is 2. The van der Waals surface area contributed by atoms with Crippen LogP contribution in [0.5, 0.6) is 5.88 Å². The van der Waals surface area contributed by atoms with E-state index < -0.39 is 0 Å². The van der Waals surface area contributed by atoms with Crippen molar-refractivity contribution in [2.45, 2.75) is 19.4 Å². The van der Waals surface area contributed by atoms with Gasteiger partial charge in [-0.3, -0.25) is 0 Å². The molecule has 0 aliphatic carbocycles. The van der Waals surface area contributed by atoms with Crippen LogP contribution in [0.1, 0.15) is 19.5 Å². The zero-order valence-corrected chi connectivity index (χ0v) is 11.1. The van der Waals surface area contributed by atoms with Gasteiger partial charge in [0.05, 0.1) is 0 Å². The molecule has 0 unspecified atom stereocenters. The number of amidine groups is 1. The highest BCUT2D eigenvalue weighted by atomic mass is 16.5. The summed E-state index contributed by atoms with van der Waals surface area (Å²) in [4.78, 5) is 10.0. The van der Waals surface area contributed by atoms with Crippen LogP contribution in [0.4, 0.5) is 0 Å². The van der Waals surface area contributed by atoms with Gasteiger partial charge >= 0.3 is 0 Å². The molecule has 0 bridgehead atoms. The fraction of sp³-hybridized carbons (Fsp3) is 0.545. The fourth-order valence-corrected chi connectivity index (χ4v) is 1.03. The van der Waals surface area contributed by atoms with Crippen LogP contribution in [-0.4, -0.2) is 52.2 Å². The zero-order valence-electron chi connectivity index (χ0n) is 11.1. The summed E-state index contributed by atoms with van der Waals surface area (Å²) in [6, 6.07) is 0. The summed E-state index contributed by atoms with van der Waals surface area (Å²) in [5.74, 6) is 0.128. The molecule has 0 radical (unpaired) electrons. The second-order valence-corrected chi connectivity index (χ2v) is 4.69. The Balaban J connectivity index is 2.86. The third kappa shape index (κ3) is 3.30. The molecule has 1 rings (SSSR count). The van der Waals surface area contributed by atoms with Gasteiger partial charge < -0.3 is 20.6 Å². The summed E-state index contributed by atoms with van der Waals surface area (Å²) in [5, 5.41) is 11.6. The van der Waals surface area contributed by atoms with Crippen LogP contribution < -0.4 is 10.5 Å². The fourth-order valence-electron chi connectivity index (χ4n) is 1.03. The lowest BCUT2D eigenvalue weighted by molar-refractivity contribution is 0.110. The Morgan fingerprint density at radius 2 is 2.06 bits per heavy atom. The van der Waals surface area contributed by atoms with E-state index in [4.69, 9.17) is 15.7 Å². The summed E-state index contributed by atoms with van der Waals surface area (Å²) in [6.07, 6.45) is 2.95. The smallest absolute Gasteiger partial charge is 0.244 e. The monoisotopic (exact) mass is 253 g/mol. The zero-order chi connectivity index (χ0) is 13.8. The molecule has 0 amide bonds. The number of likely N-dealkylation sites (N-methyl/N-ethyl adjacent to an activating group) is 1. The minimum atomic E-state index is -0.167. The first-order chi connectivity index (χ1) is 8.38. The Morgan fingerprint density at radius 1 is 1.44 bits per heavy atom. The van der Waals surface area contributed by atoms with Crippen molar-refractivity contribution in [3.63, 3.8) is 0 Å². The highest BCUT2D eigenvalue weighted by molar-refractivity contribution is 5.97. The van der Waals surface area contributed by atoms with Gasteiger partial charge in [-0.1, -0.05) is 5.16 Å². The molecule has 0 saturated carbocycles. The van der Waals surface area contributed by atoms with Gasteiger partial charge in [-0.25, -0.2) is 9.97 Å². The predicted molar refractivity (Wildman–Crippen MR) is 67.8 cm³/mol. The number of nitrogens with zero attached hydrogens (tertiary/aromatic N) is 4. The van der Waals surface area contributed by atoms with E-state index >= 15 is 0 Å². The summed E-state index contributed by atoms with van der Waals surface area (Å²) in [7, 11) is 3.93. The maximum Gasteiger partial charge on any atom is 0.244 e. The molecule has 0 aliphatic rings. The Morgan fingerprint density at radius 3 is 2.61 bits per heavy atom. The quantitative estimate of drug-likeness (QED) is 0.339. The first-order valence-corrected chi connectivity index (χ1v) is 5.47. The van der Waals surface area contributed by atoms with E-state index in [1.54, 1.807) is 0 Å². The second-order valence-electron chi connectivity index (χ2n) is 4.69. The molecule has 18 heavy (non-hydrogen) atoms. The van der Waals surface area contributed by atoms with E-state index in [0.717, 1.165) is 0 Å². The van der Waals surface area contributed by atoms with Crippen molar-refractivity contribution < 1.29 is 9.94 Å². The predicted octanol–water partition coefficient (Wildman–Crippen LogP) is 0.290. The normalized spacial score (nSPS) is 12.8. The van der Waals surface area contributed by atoms with Crippen molar-refractivity contribution in [1.82, 2.24) is 14.9 Å². The van der Waals surface area contributed by atoms with E-state index in [2.05, 4.69) is 15.1 Å². The molecule has 3 N–H and O–H groups in total. The van der Waals surface area contributed by atoms with E-state index in [0.29, 0.717) is 6.61 Å². The average molecular weight is 253 g/mol. The second kappa shape index (κ2) is 5.63. The van der Waals surface area contributed by atoms with Crippen molar-refractivity contribution in [3.05, 3.63) is 18.1 Å². The molecular formula is C11H19N5O2. The average Bonchev–Trinajstić information content (AvgIpc) is 2.35. The van der Waals surface area contributed by atoms with Gasteiger partial charge in [-0.15, -0.1) is 0 Å². The Bertz CT molecular complexity index is 431. The molecule has 0 atom stereocenters. The van der Waals surface area contributed by atoms with Crippen molar-refractivity contribution in [2.75, 3.05) is 20.7 Å². The molecule has 0 saturated heterocycles. The third-order valence-corrected chi connectivity index (χ3v) is 2.79. The first-order valence-electron chi connectivity index (χ1n) is 5.47. The minimum Gasteiger partial charge on any atom is -0.474 e. The molecule has 0 spiro atoms. The number of rotatable bonds is 5. The summed E-state index contributed by atoms with van der Waals surface area (Å²) >= 11 is 0. The lowest BCUT2D eigenvalue weighted by atomic mass is 10.1. The molecular weight excluding hydrogens is 234 g/mol. The molecule has 0 aliphatic heterocycles. The van der Waals surface area contributed by atoms with E-state index in [1.807, 2.05) is 32.8 Å². The Kier molecular flexibility index (Phi) is 4.43. The van der Waals surface area contributed by atoms with Gasteiger partial charge in [-0.2, -0.15) is 0 Å². The topological polar surface area (TPSA) is 96.9 Å². The van der Waals surface area contributed by atoms with E-state index in [-0.39, 0.29) is 22.9 Å². The van der Waals surface area contributed by atoms with Crippen molar-refractivity contribution in [3.8, 4) is 5.88 Å². The molecule has 1 aromatic rings. The molecule has 0 aromatic carbocycles. The standard InChI is InChI=1S/C11H19N5O2/c1-11(2,16(3)4)7-18-10-8(9(12)15-17)13-5-6-14-10/h5-6,17H,7H2,1-4H3,(H2,12,15). The summed E-state index contributed by atoms with van der Waals surface area (Å²) in [6.45, 7) is 4.48.